The third-order valence-electron chi connectivity index (χ3n) is 5.10. The first kappa shape index (κ1) is 21.7. The summed E-state index contributed by atoms with van der Waals surface area (Å²) in [6.45, 7) is 8.90. The van der Waals surface area contributed by atoms with Crippen molar-refractivity contribution >= 4 is 5.78 Å². The quantitative estimate of drug-likeness (QED) is 0.273. The smallest absolute Gasteiger partial charge is 0.139 e. The van der Waals surface area contributed by atoms with Crippen LogP contribution in [0.4, 0.5) is 0 Å². The van der Waals surface area contributed by atoms with Crippen LogP contribution in [0, 0.1) is 11.8 Å². The van der Waals surface area contributed by atoms with Gasteiger partial charge in [-0.15, -0.1) is 0 Å². The van der Waals surface area contributed by atoms with Gasteiger partial charge in [-0.2, -0.15) is 0 Å². The van der Waals surface area contributed by atoms with Crippen molar-refractivity contribution in [3.05, 3.63) is 0 Å². The molecule has 132 valence electrons. The van der Waals surface area contributed by atoms with Crippen molar-refractivity contribution in [2.75, 3.05) is 0 Å². The minimum absolute atomic E-state index is 0.335. The fraction of sp³-hybridized carbons (Fsp3) is 0.952. The van der Waals surface area contributed by atoms with Crippen LogP contribution >= 0.6 is 0 Å². The molecular formula is C21H42O. The normalized spacial score (nSPS) is 14.0. The number of carbonyl (C=O) groups excluding carboxylic acids is 1. The SMILES string of the molecule is CCCCCCCC(CC)C(=O)C(CC)CCCCCCC. The van der Waals surface area contributed by atoms with Crippen molar-refractivity contribution in [1.82, 2.24) is 0 Å². The molecule has 0 rings (SSSR count). The molecule has 0 heterocycles. The highest BCUT2D eigenvalue weighted by atomic mass is 16.1. The van der Waals surface area contributed by atoms with Gasteiger partial charge in [0.15, 0.2) is 0 Å². The van der Waals surface area contributed by atoms with Gasteiger partial charge >= 0.3 is 0 Å². The summed E-state index contributed by atoms with van der Waals surface area (Å²) < 4.78 is 0. The molecule has 1 nitrogen and oxygen atoms in total. The van der Waals surface area contributed by atoms with Gasteiger partial charge in [-0.3, -0.25) is 4.79 Å². The number of ketones is 1. The predicted molar refractivity (Wildman–Crippen MR) is 99.3 cm³/mol. The maximum atomic E-state index is 12.7. The maximum absolute atomic E-state index is 12.7. The summed E-state index contributed by atoms with van der Waals surface area (Å²) in [4.78, 5) is 12.7. The van der Waals surface area contributed by atoms with E-state index in [1.54, 1.807) is 0 Å². The Morgan fingerprint density at radius 3 is 1.27 bits per heavy atom. The molecular weight excluding hydrogens is 268 g/mol. The van der Waals surface area contributed by atoms with Gasteiger partial charge in [0, 0.05) is 11.8 Å². The Hall–Kier alpha value is -0.330. The van der Waals surface area contributed by atoms with Gasteiger partial charge in [0.05, 0.1) is 0 Å². The molecule has 0 aromatic carbocycles. The molecule has 0 N–H and O–H groups in total. The Morgan fingerprint density at radius 1 is 0.591 bits per heavy atom. The van der Waals surface area contributed by atoms with Gasteiger partial charge < -0.3 is 0 Å². The van der Waals surface area contributed by atoms with E-state index in [-0.39, 0.29) is 0 Å². The summed E-state index contributed by atoms with van der Waals surface area (Å²) in [5.41, 5.74) is 0. The van der Waals surface area contributed by atoms with Gasteiger partial charge in [-0.1, -0.05) is 91.9 Å². The summed E-state index contributed by atoms with van der Waals surface area (Å²) in [6, 6.07) is 0. The zero-order valence-electron chi connectivity index (χ0n) is 16.0. The van der Waals surface area contributed by atoms with E-state index in [9.17, 15) is 4.79 Å². The fourth-order valence-electron chi connectivity index (χ4n) is 3.42. The molecule has 0 fully saturated rings. The van der Waals surface area contributed by atoms with Crippen LogP contribution in [0.3, 0.4) is 0 Å². The Kier molecular flexibility index (Phi) is 15.3. The Labute approximate surface area is 140 Å². The molecule has 0 aliphatic heterocycles. The highest BCUT2D eigenvalue weighted by Gasteiger charge is 2.23. The zero-order chi connectivity index (χ0) is 16.6. The van der Waals surface area contributed by atoms with Gasteiger partial charge in [-0.25, -0.2) is 0 Å². The van der Waals surface area contributed by atoms with E-state index in [1.807, 2.05) is 0 Å². The summed E-state index contributed by atoms with van der Waals surface area (Å²) >= 11 is 0. The third-order valence-corrected chi connectivity index (χ3v) is 5.10. The molecule has 2 unspecified atom stereocenters. The van der Waals surface area contributed by atoms with Crippen molar-refractivity contribution in [2.45, 2.75) is 118 Å². The summed E-state index contributed by atoms with van der Waals surface area (Å²) in [6.07, 6.45) is 17.4. The lowest BCUT2D eigenvalue weighted by atomic mass is 9.83. The zero-order valence-corrected chi connectivity index (χ0v) is 16.0. The minimum atomic E-state index is 0.335. The Balaban J connectivity index is 4.04. The summed E-state index contributed by atoms with van der Waals surface area (Å²) in [5.74, 6) is 1.25. The Bertz CT molecular complexity index is 222. The molecule has 0 bridgehead atoms. The van der Waals surface area contributed by atoms with E-state index in [0.717, 1.165) is 25.7 Å². The van der Waals surface area contributed by atoms with Crippen LogP contribution < -0.4 is 0 Å². The van der Waals surface area contributed by atoms with E-state index in [2.05, 4.69) is 27.7 Å². The number of carbonyl (C=O) groups is 1. The molecule has 2 atom stereocenters. The minimum Gasteiger partial charge on any atom is -0.299 e. The van der Waals surface area contributed by atoms with E-state index in [0.29, 0.717) is 17.6 Å². The van der Waals surface area contributed by atoms with Crippen LogP contribution in [-0.4, -0.2) is 5.78 Å². The van der Waals surface area contributed by atoms with Crippen molar-refractivity contribution in [3.63, 3.8) is 0 Å². The van der Waals surface area contributed by atoms with Crippen LogP contribution in [0.25, 0.3) is 0 Å². The largest absolute Gasteiger partial charge is 0.299 e. The van der Waals surface area contributed by atoms with E-state index >= 15 is 0 Å². The lowest BCUT2D eigenvalue weighted by Gasteiger charge is -2.20. The highest BCUT2D eigenvalue weighted by Crippen LogP contribution is 2.24. The van der Waals surface area contributed by atoms with Crippen molar-refractivity contribution in [2.24, 2.45) is 11.8 Å². The average Bonchev–Trinajstić information content (AvgIpc) is 2.54. The molecule has 0 saturated carbocycles. The number of rotatable bonds is 16. The summed E-state index contributed by atoms with van der Waals surface area (Å²) in [5, 5.41) is 0. The van der Waals surface area contributed by atoms with Crippen LogP contribution in [0.1, 0.15) is 118 Å². The first-order valence-corrected chi connectivity index (χ1v) is 10.2. The van der Waals surface area contributed by atoms with Crippen molar-refractivity contribution in [1.29, 1.82) is 0 Å². The number of hydrogen-bond donors (Lipinski definition) is 0. The van der Waals surface area contributed by atoms with Crippen molar-refractivity contribution < 1.29 is 4.79 Å². The molecule has 0 aliphatic carbocycles. The fourth-order valence-corrected chi connectivity index (χ4v) is 3.42. The molecule has 1 heteroatoms. The maximum Gasteiger partial charge on any atom is 0.139 e. The first-order chi connectivity index (χ1) is 10.7. The lowest BCUT2D eigenvalue weighted by Crippen LogP contribution is -2.23. The number of Topliss-reactive ketones (excluding diaryl/α,β-unsaturated/α-hetero) is 1. The lowest BCUT2D eigenvalue weighted by molar-refractivity contribution is -0.127. The van der Waals surface area contributed by atoms with E-state index in [4.69, 9.17) is 0 Å². The molecule has 0 aromatic rings. The first-order valence-electron chi connectivity index (χ1n) is 10.2. The molecule has 0 spiro atoms. The summed E-state index contributed by atoms with van der Waals surface area (Å²) in [7, 11) is 0. The Morgan fingerprint density at radius 2 is 0.955 bits per heavy atom. The number of unbranched alkanes of at least 4 members (excludes halogenated alkanes) is 8. The van der Waals surface area contributed by atoms with Gasteiger partial charge in [0.25, 0.3) is 0 Å². The molecule has 0 aromatic heterocycles. The second-order valence-corrected chi connectivity index (χ2v) is 7.02. The topological polar surface area (TPSA) is 17.1 Å². The molecule has 0 saturated heterocycles. The molecule has 0 radical (unpaired) electrons. The second kappa shape index (κ2) is 15.6. The van der Waals surface area contributed by atoms with Crippen LogP contribution in [0.2, 0.25) is 0 Å². The van der Waals surface area contributed by atoms with Crippen LogP contribution in [-0.2, 0) is 4.79 Å². The van der Waals surface area contributed by atoms with E-state index < -0.39 is 0 Å². The predicted octanol–water partition coefficient (Wildman–Crippen LogP) is 7.33. The van der Waals surface area contributed by atoms with E-state index in [1.165, 1.54) is 64.2 Å². The highest BCUT2D eigenvalue weighted by molar-refractivity contribution is 5.83. The van der Waals surface area contributed by atoms with Crippen LogP contribution in [0.15, 0.2) is 0 Å². The van der Waals surface area contributed by atoms with Crippen molar-refractivity contribution in [3.8, 4) is 0 Å². The monoisotopic (exact) mass is 310 g/mol. The molecule has 0 aliphatic rings. The molecule has 0 amide bonds. The second-order valence-electron chi connectivity index (χ2n) is 7.02. The third kappa shape index (κ3) is 10.4. The van der Waals surface area contributed by atoms with Crippen LogP contribution in [0.5, 0.6) is 0 Å². The molecule has 22 heavy (non-hydrogen) atoms. The average molecular weight is 311 g/mol. The standard InChI is InChI=1S/C21H42O/c1-5-9-11-13-15-17-19(7-3)21(22)20(8-4)18-16-14-12-10-6-2/h19-20H,5-18H2,1-4H3. The van der Waals surface area contributed by atoms with Gasteiger partial charge in [0.2, 0.25) is 0 Å². The van der Waals surface area contributed by atoms with Gasteiger partial charge in [0.1, 0.15) is 5.78 Å². The van der Waals surface area contributed by atoms with Gasteiger partial charge in [-0.05, 0) is 25.7 Å². The number of hydrogen-bond acceptors (Lipinski definition) is 1.